The second kappa shape index (κ2) is 5.58. The van der Waals surface area contributed by atoms with Crippen LogP contribution in [0.5, 0.6) is 5.75 Å². The van der Waals surface area contributed by atoms with E-state index in [-0.39, 0.29) is 10.6 Å². The molecule has 0 spiro atoms. The van der Waals surface area contributed by atoms with Gasteiger partial charge in [-0.2, -0.15) is 0 Å². The van der Waals surface area contributed by atoms with Crippen LogP contribution in [0.2, 0.25) is 0 Å². The van der Waals surface area contributed by atoms with Crippen LogP contribution < -0.4 is 9.64 Å². The number of nitrogens with zero attached hydrogens (tertiary/aromatic N) is 2. The molecular weight excluding hydrogens is 352 g/mol. The summed E-state index contributed by atoms with van der Waals surface area (Å²) < 4.78 is 6.77. The van der Waals surface area contributed by atoms with Crippen LogP contribution in [0, 0.1) is 10.1 Å². The molecule has 5 rings (SSSR count). The van der Waals surface area contributed by atoms with Crippen molar-refractivity contribution in [2.24, 2.45) is 0 Å². The second-order valence-electron chi connectivity index (χ2n) is 7.75. The van der Waals surface area contributed by atoms with Crippen molar-refractivity contribution in [1.29, 1.82) is 0 Å². The highest BCUT2D eigenvalue weighted by Crippen LogP contribution is 2.61. The van der Waals surface area contributed by atoms with Gasteiger partial charge in [0.05, 0.1) is 10.3 Å². The average Bonchev–Trinajstić information content (AvgIpc) is 2.91. The van der Waals surface area contributed by atoms with Gasteiger partial charge in [0.2, 0.25) is 5.72 Å². The molecule has 0 aromatic heterocycles. The maximum absolute atomic E-state index is 11.3. The molecule has 5 heteroatoms. The molecule has 2 aliphatic rings. The first-order chi connectivity index (χ1) is 13.5. The first-order valence-electron chi connectivity index (χ1n) is 9.32. The van der Waals surface area contributed by atoms with Crippen molar-refractivity contribution in [3.05, 3.63) is 99.6 Å². The Labute approximate surface area is 163 Å². The molecule has 0 radical (unpaired) electrons. The van der Waals surface area contributed by atoms with Gasteiger partial charge in [-0.3, -0.25) is 10.1 Å². The molecule has 0 amide bonds. The summed E-state index contributed by atoms with van der Waals surface area (Å²) >= 11 is 0. The molecule has 2 aliphatic heterocycles. The van der Waals surface area contributed by atoms with Crippen LogP contribution in [0.15, 0.2) is 72.8 Å². The molecule has 0 fully saturated rings. The Morgan fingerprint density at radius 2 is 1.75 bits per heavy atom. The Morgan fingerprint density at radius 1 is 1.04 bits per heavy atom. The molecule has 2 heterocycles. The molecule has 5 nitrogen and oxygen atoms in total. The lowest BCUT2D eigenvalue weighted by Gasteiger charge is -2.51. The van der Waals surface area contributed by atoms with Crippen molar-refractivity contribution in [2.75, 3.05) is 11.9 Å². The lowest BCUT2D eigenvalue weighted by atomic mass is 9.67. The zero-order chi connectivity index (χ0) is 19.5. The lowest BCUT2D eigenvalue weighted by Crippen LogP contribution is -2.59. The number of fused-ring (bicyclic) bond motifs is 4. The van der Waals surface area contributed by atoms with Crippen LogP contribution in [0.1, 0.15) is 23.6 Å². The summed E-state index contributed by atoms with van der Waals surface area (Å²) in [5.74, 6) is 0.701. The molecule has 0 saturated carbocycles. The maximum atomic E-state index is 11.3. The largest absolute Gasteiger partial charge is 0.462 e. The third-order valence-electron chi connectivity index (χ3n) is 6.30. The maximum Gasteiger partial charge on any atom is 0.269 e. The number of anilines is 1. The molecule has 3 aromatic carbocycles. The highest BCUT2D eigenvalue weighted by Gasteiger charge is 2.63. The molecule has 2 unspecified atom stereocenters. The van der Waals surface area contributed by atoms with Crippen molar-refractivity contribution in [1.82, 2.24) is 0 Å². The molecule has 2 atom stereocenters. The summed E-state index contributed by atoms with van der Waals surface area (Å²) in [6, 6.07) is 23.5. The van der Waals surface area contributed by atoms with Gasteiger partial charge in [-0.05, 0) is 31.0 Å². The predicted molar refractivity (Wildman–Crippen MR) is 108 cm³/mol. The van der Waals surface area contributed by atoms with Crippen LogP contribution in [-0.2, 0) is 17.6 Å². The number of hydrogen-bond acceptors (Lipinski definition) is 4. The van der Waals surface area contributed by atoms with Gasteiger partial charge in [0, 0.05) is 36.0 Å². The van der Waals surface area contributed by atoms with Crippen LogP contribution in [0.25, 0.3) is 0 Å². The summed E-state index contributed by atoms with van der Waals surface area (Å²) in [5.41, 5.74) is 3.23. The number of rotatable bonds is 2. The first kappa shape index (κ1) is 16.8. The molecule has 3 aromatic rings. The number of ether oxygens (including phenoxy) is 1. The molecule has 0 aliphatic carbocycles. The molecule has 0 N–H and O–H groups in total. The van der Waals surface area contributed by atoms with Crippen LogP contribution >= 0.6 is 0 Å². The third kappa shape index (κ3) is 1.96. The van der Waals surface area contributed by atoms with Gasteiger partial charge in [-0.1, -0.05) is 48.5 Å². The van der Waals surface area contributed by atoms with Crippen molar-refractivity contribution >= 4 is 11.4 Å². The fourth-order valence-corrected chi connectivity index (χ4v) is 5.04. The van der Waals surface area contributed by atoms with E-state index in [9.17, 15) is 10.1 Å². The number of likely N-dealkylation sites (N-methyl/N-ethyl adjacent to an activating group) is 1. The normalized spacial score (nSPS) is 24.7. The van der Waals surface area contributed by atoms with E-state index in [1.54, 1.807) is 12.1 Å². The second-order valence-corrected chi connectivity index (χ2v) is 7.75. The van der Waals surface area contributed by atoms with Crippen molar-refractivity contribution in [3.8, 4) is 5.75 Å². The molecule has 0 saturated heterocycles. The smallest absolute Gasteiger partial charge is 0.269 e. The summed E-state index contributed by atoms with van der Waals surface area (Å²) in [7, 11) is 2.06. The topological polar surface area (TPSA) is 55.6 Å². The van der Waals surface area contributed by atoms with Gasteiger partial charge in [0.1, 0.15) is 5.75 Å². The van der Waals surface area contributed by atoms with Gasteiger partial charge >= 0.3 is 0 Å². The molecular formula is C23H20N2O3. The van der Waals surface area contributed by atoms with Crippen LogP contribution in [0.4, 0.5) is 11.4 Å². The number of non-ortho nitro benzene ring substituents is 1. The van der Waals surface area contributed by atoms with E-state index < -0.39 is 11.1 Å². The van der Waals surface area contributed by atoms with E-state index in [1.807, 2.05) is 30.3 Å². The number of nitro groups is 1. The SMILES string of the molecule is CN1c2ccccc2C2(C)Cc3cc([N+](=O)[O-])ccc3OC12c1ccccc1. The van der Waals surface area contributed by atoms with E-state index in [4.69, 9.17) is 4.74 Å². The van der Waals surface area contributed by atoms with E-state index in [1.165, 1.54) is 11.6 Å². The molecule has 0 bridgehead atoms. The Bertz CT molecular complexity index is 1100. The Balaban J connectivity index is 1.79. The van der Waals surface area contributed by atoms with Crippen molar-refractivity contribution in [3.63, 3.8) is 0 Å². The van der Waals surface area contributed by atoms with E-state index in [0.29, 0.717) is 12.2 Å². The fraction of sp³-hybridized carbons (Fsp3) is 0.217. The molecule has 140 valence electrons. The quantitative estimate of drug-likeness (QED) is 0.479. The van der Waals surface area contributed by atoms with Crippen LogP contribution in [0.3, 0.4) is 0 Å². The van der Waals surface area contributed by atoms with Crippen LogP contribution in [-0.4, -0.2) is 12.0 Å². The van der Waals surface area contributed by atoms with Gasteiger partial charge in [0.15, 0.2) is 0 Å². The summed E-state index contributed by atoms with van der Waals surface area (Å²) in [6.45, 7) is 2.20. The number of nitro benzene ring substituents is 1. The highest BCUT2D eigenvalue weighted by molar-refractivity contribution is 5.69. The highest BCUT2D eigenvalue weighted by atomic mass is 16.6. The standard InChI is InChI=1S/C23H20N2O3/c1-22-15-16-14-18(25(26)27)12-13-21(16)28-23(22,17-8-4-3-5-9-17)24(2)20-11-7-6-10-19(20)22/h3-14H,15H2,1-2H3. The zero-order valence-electron chi connectivity index (χ0n) is 15.8. The fourth-order valence-electron chi connectivity index (χ4n) is 5.04. The molecule has 28 heavy (non-hydrogen) atoms. The summed E-state index contributed by atoms with van der Waals surface area (Å²) in [5, 5.41) is 11.3. The zero-order valence-corrected chi connectivity index (χ0v) is 15.8. The summed E-state index contributed by atoms with van der Waals surface area (Å²) in [4.78, 5) is 13.1. The first-order valence-corrected chi connectivity index (χ1v) is 9.32. The predicted octanol–water partition coefficient (Wildman–Crippen LogP) is 4.79. The lowest BCUT2D eigenvalue weighted by molar-refractivity contribution is -0.385. The Hall–Kier alpha value is -3.34. The van der Waals surface area contributed by atoms with Crippen molar-refractivity contribution < 1.29 is 9.66 Å². The minimum absolute atomic E-state index is 0.0952. The van der Waals surface area contributed by atoms with Gasteiger partial charge in [-0.25, -0.2) is 0 Å². The average molecular weight is 372 g/mol. The minimum atomic E-state index is -0.721. The van der Waals surface area contributed by atoms with Crippen molar-refractivity contribution in [2.45, 2.75) is 24.5 Å². The van der Waals surface area contributed by atoms with Gasteiger partial charge in [-0.15, -0.1) is 0 Å². The minimum Gasteiger partial charge on any atom is -0.462 e. The van der Waals surface area contributed by atoms with E-state index in [0.717, 1.165) is 16.8 Å². The number of hydrogen-bond donors (Lipinski definition) is 0. The Morgan fingerprint density at radius 3 is 2.50 bits per heavy atom. The Kier molecular flexibility index (Phi) is 3.35. The van der Waals surface area contributed by atoms with E-state index >= 15 is 0 Å². The monoisotopic (exact) mass is 372 g/mol. The number of para-hydroxylation sites is 1. The van der Waals surface area contributed by atoms with E-state index in [2.05, 4.69) is 43.1 Å². The summed E-state index contributed by atoms with van der Waals surface area (Å²) in [6.07, 6.45) is 0.653. The number of benzene rings is 3. The third-order valence-corrected chi connectivity index (χ3v) is 6.30. The van der Waals surface area contributed by atoms with Gasteiger partial charge in [0.25, 0.3) is 5.69 Å². The van der Waals surface area contributed by atoms with Gasteiger partial charge < -0.3 is 9.64 Å².